The van der Waals surface area contributed by atoms with Crippen LogP contribution in [0.1, 0.15) is 100 Å². The van der Waals surface area contributed by atoms with Gasteiger partial charge in [-0.1, -0.05) is 26.2 Å². The second-order valence-corrected chi connectivity index (χ2v) is 13.4. The molecule has 2 aromatic rings. The van der Waals surface area contributed by atoms with Gasteiger partial charge >= 0.3 is 0 Å². The molecule has 3 fully saturated rings. The van der Waals surface area contributed by atoms with E-state index in [-0.39, 0.29) is 41.5 Å². The molecule has 8 nitrogen and oxygen atoms in total. The molecule has 2 bridgehead atoms. The van der Waals surface area contributed by atoms with Crippen LogP contribution in [0, 0.1) is 11.3 Å². The van der Waals surface area contributed by atoms with Crippen molar-refractivity contribution < 1.29 is 19.1 Å². The fourth-order valence-electron chi connectivity index (χ4n) is 7.89. The molecule has 0 unspecified atom stereocenters. The van der Waals surface area contributed by atoms with Gasteiger partial charge in [0.1, 0.15) is 6.54 Å². The van der Waals surface area contributed by atoms with Gasteiger partial charge < -0.3 is 24.8 Å². The molecule has 0 spiro atoms. The molecule has 0 radical (unpaired) electrons. The monoisotopic (exact) mass is 576 g/mol. The molecule has 3 atom stereocenters. The Balaban J connectivity index is 1.35. The fraction of sp³-hybridized carbons (Fsp3) is 0.676. The molecule has 2 aliphatic carbocycles. The average Bonchev–Trinajstić information content (AvgIpc) is 3.40. The minimum Gasteiger partial charge on any atom is -0.385 e. The molecule has 42 heavy (non-hydrogen) atoms. The number of amides is 1. The number of Topliss-reactive ketones (excluding diaryl/α,β-unsaturated/α-hetero) is 2. The Morgan fingerprint density at radius 3 is 2.69 bits per heavy atom. The summed E-state index contributed by atoms with van der Waals surface area (Å²) < 4.78 is 8.09. The van der Waals surface area contributed by atoms with Crippen LogP contribution in [0.25, 0.3) is 10.9 Å². The van der Waals surface area contributed by atoms with Gasteiger partial charge in [0.05, 0.1) is 18.2 Å². The van der Waals surface area contributed by atoms with Crippen molar-refractivity contribution in [3.8, 4) is 0 Å². The van der Waals surface area contributed by atoms with Crippen molar-refractivity contribution in [1.82, 2.24) is 14.8 Å². The van der Waals surface area contributed by atoms with Crippen LogP contribution in [0.5, 0.6) is 0 Å². The second kappa shape index (κ2) is 12.5. The summed E-state index contributed by atoms with van der Waals surface area (Å²) in [6.07, 6.45) is 13.6. The lowest BCUT2D eigenvalue weighted by atomic mass is 9.89. The van der Waals surface area contributed by atoms with E-state index in [1.807, 2.05) is 22.6 Å². The predicted molar refractivity (Wildman–Crippen MR) is 165 cm³/mol. The van der Waals surface area contributed by atoms with E-state index in [0.717, 1.165) is 67.5 Å². The van der Waals surface area contributed by atoms with E-state index in [0.29, 0.717) is 37.5 Å². The largest absolute Gasteiger partial charge is 0.385 e. The van der Waals surface area contributed by atoms with Crippen molar-refractivity contribution in [2.75, 3.05) is 31.6 Å². The summed E-state index contributed by atoms with van der Waals surface area (Å²) in [5.74, 6) is 0.770. The standard InChI is InChI=1S/C34H48N4O4/c1-3-30(40)29-16-34-17-31(34)38(29)32(41)21-37-20-28(23(2)39)27-15-26(36-18-24-10-6-4-7-11-24)14-25(33(27)37)19-35-12-8-5-9-13-42-22-34/h14-15,20,24,29,31,35-36H,3-13,16-19,21-22H2,1-2H3/t29-,31+,34-/m0/s1. The summed E-state index contributed by atoms with van der Waals surface area (Å²) in [4.78, 5) is 41.9. The third-order valence-corrected chi connectivity index (χ3v) is 10.3. The third-order valence-electron chi connectivity index (χ3n) is 10.3. The summed E-state index contributed by atoms with van der Waals surface area (Å²) in [6.45, 7) is 7.46. The number of carbonyl (C=O) groups is 3. The SMILES string of the molecule is CCC(=O)[C@@H]1C[C@]23COCCCCCNCc4cc(NCC5CCCCC5)cc5c(C(C)=O)cn(c45)CC(=O)N1[C@@H]2C3. The highest BCUT2D eigenvalue weighted by Crippen LogP contribution is 2.60. The summed E-state index contributed by atoms with van der Waals surface area (Å²) in [5, 5.41) is 8.22. The predicted octanol–water partition coefficient (Wildman–Crippen LogP) is 5.46. The lowest BCUT2D eigenvalue weighted by Crippen LogP contribution is -2.44. The Kier molecular flexibility index (Phi) is 8.73. The molecule has 228 valence electrons. The molecule has 6 rings (SSSR count). The van der Waals surface area contributed by atoms with Gasteiger partial charge in [0.15, 0.2) is 11.6 Å². The number of hydrogen-bond acceptors (Lipinski definition) is 6. The first-order valence-electron chi connectivity index (χ1n) is 16.4. The Bertz CT molecular complexity index is 1330. The number of hydrogen-bond donors (Lipinski definition) is 2. The number of aromatic nitrogens is 1. The van der Waals surface area contributed by atoms with Crippen molar-refractivity contribution >= 4 is 34.1 Å². The highest BCUT2D eigenvalue weighted by atomic mass is 16.5. The number of piperidine rings is 1. The lowest BCUT2D eigenvalue weighted by Gasteiger charge is -2.27. The summed E-state index contributed by atoms with van der Waals surface area (Å²) >= 11 is 0. The van der Waals surface area contributed by atoms with Crippen LogP contribution in [0.4, 0.5) is 5.69 Å². The molecule has 8 heteroatoms. The van der Waals surface area contributed by atoms with Gasteiger partial charge in [0, 0.05) is 60.4 Å². The molecule has 2 N–H and O–H groups in total. The van der Waals surface area contributed by atoms with Crippen LogP contribution in [0.3, 0.4) is 0 Å². The van der Waals surface area contributed by atoms with Gasteiger partial charge in [-0.2, -0.15) is 0 Å². The first-order valence-corrected chi connectivity index (χ1v) is 16.4. The zero-order valence-corrected chi connectivity index (χ0v) is 25.5. The normalized spacial score (nSPS) is 27.5. The molecule has 3 heterocycles. The molecule has 4 aliphatic rings. The quantitative estimate of drug-likeness (QED) is 0.444. The van der Waals surface area contributed by atoms with Crippen LogP contribution >= 0.6 is 0 Å². The van der Waals surface area contributed by atoms with E-state index in [1.165, 1.54) is 32.1 Å². The van der Waals surface area contributed by atoms with Crippen LogP contribution in [0.2, 0.25) is 0 Å². The topological polar surface area (TPSA) is 92.7 Å². The zero-order chi connectivity index (χ0) is 29.3. The number of ether oxygens (including phenoxy) is 1. The van der Waals surface area contributed by atoms with Crippen molar-refractivity contribution in [2.45, 2.75) is 110 Å². The molecule has 2 saturated carbocycles. The van der Waals surface area contributed by atoms with E-state index in [2.05, 4.69) is 22.8 Å². The number of ketones is 2. The number of nitrogens with zero attached hydrogens (tertiary/aromatic N) is 2. The van der Waals surface area contributed by atoms with Gasteiger partial charge in [0.2, 0.25) is 5.91 Å². The smallest absolute Gasteiger partial charge is 0.243 e. The Hall–Kier alpha value is -2.71. The highest BCUT2D eigenvalue weighted by Gasteiger charge is 2.66. The molecule has 2 aliphatic heterocycles. The van der Waals surface area contributed by atoms with Crippen LogP contribution < -0.4 is 10.6 Å². The number of nitrogens with one attached hydrogen (secondary N) is 2. The molecular formula is C34H48N4O4. The van der Waals surface area contributed by atoms with E-state index in [4.69, 9.17) is 4.74 Å². The number of benzene rings is 1. The zero-order valence-electron chi connectivity index (χ0n) is 25.5. The van der Waals surface area contributed by atoms with E-state index >= 15 is 0 Å². The molecule has 1 saturated heterocycles. The van der Waals surface area contributed by atoms with Crippen LogP contribution in [0.15, 0.2) is 18.3 Å². The third kappa shape index (κ3) is 5.89. The van der Waals surface area contributed by atoms with Gasteiger partial charge in [-0.15, -0.1) is 0 Å². The Morgan fingerprint density at radius 1 is 1.10 bits per heavy atom. The van der Waals surface area contributed by atoms with Gasteiger partial charge in [0.25, 0.3) is 0 Å². The van der Waals surface area contributed by atoms with E-state index < -0.39 is 0 Å². The van der Waals surface area contributed by atoms with Gasteiger partial charge in [-0.25, -0.2) is 0 Å². The van der Waals surface area contributed by atoms with Crippen LogP contribution in [-0.4, -0.2) is 65.3 Å². The first-order chi connectivity index (χ1) is 20.4. The minimum atomic E-state index is -0.380. The lowest BCUT2D eigenvalue weighted by molar-refractivity contribution is -0.139. The molecular weight excluding hydrogens is 528 g/mol. The number of carbonyl (C=O) groups excluding carboxylic acids is 3. The maximum Gasteiger partial charge on any atom is 0.243 e. The van der Waals surface area contributed by atoms with Gasteiger partial charge in [-0.3, -0.25) is 14.4 Å². The minimum absolute atomic E-state index is 0.00440. The van der Waals surface area contributed by atoms with Gasteiger partial charge in [-0.05, 0) is 82.0 Å². The van der Waals surface area contributed by atoms with E-state index in [1.54, 1.807) is 6.92 Å². The maximum absolute atomic E-state index is 14.1. The summed E-state index contributed by atoms with van der Waals surface area (Å²) in [7, 11) is 0. The maximum atomic E-state index is 14.1. The van der Waals surface area contributed by atoms with Crippen molar-refractivity contribution in [1.29, 1.82) is 0 Å². The Labute approximate surface area is 249 Å². The summed E-state index contributed by atoms with van der Waals surface area (Å²) in [6, 6.07) is 3.99. The summed E-state index contributed by atoms with van der Waals surface area (Å²) in [5.41, 5.74) is 3.63. The Morgan fingerprint density at radius 2 is 1.90 bits per heavy atom. The van der Waals surface area contributed by atoms with E-state index in [9.17, 15) is 14.4 Å². The van der Waals surface area contributed by atoms with Crippen molar-refractivity contribution in [2.24, 2.45) is 11.3 Å². The number of anilines is 1. The highest BCUT2D eigenvalue weighted by molar-refractivity contribution is 6.09. The van der Waals surface area contributed by atoms with Crippen molar-refractivity contribution in [3.05, 3.63) is 29.5 Å². The fourth-order valence-corrected chi connectivity index (χ4v) is 7.89. The van der Waals surface area contributed by atoms with Crippen molar-refractivity contribution in [3.63, 3.8) is 0 Å². The molecule has 1 aromatic heterocycles. The first kappa shape index (κ1) is 29.4. The average molecular weight is 577 g/mol. The molecule has 1 aromatic carbocycles. The molecule has 1 amide bonds. The second-order valence-electron chi connectivity index (χ2n) is 13.4. The number of rotatable bonds is 6. The van der Waals surface area contributed by atoms with Crippen LogP contribution in [-0.2, 0) is 27.4 Å².